The number of esters is 1. The molecule has 1 aromatic rings. The molecule has 1 aliphatic rings. The molecule has 1 aliphatic carbocycles. The van der Waals surface area contributed by atoms with Crippen LogP contribution in [0, 0.1) is 5.92 Å². The highest BCUT2D eigenvalue weighted by atomic mass is 35.5. The van der Waals surface area contributed by atoms with Gasteiger partial charge in [-0.1, -0.05) is 56.0 Å². The first-order valence-electron chi connectivity index (χ1n) is 8.10. The second-order valence-electron chi connectivity index (χ2n) is 5.84. The third-order valence-electron chi connectivity index (χ3n) is 4.09. The number of rotatable bonds is 10. The summed E-state index contributed by atoms with van der Waals surface area (Å²) in [6.07, 6.45) is 7.84. The lowest BCUT2D eigenvalue weighted by molar-refractivity contribution is -0.145. The standard InChI is InChI=1S/C18H25ClO2/c19-12-8-3-1-2-4-9-13-21-18(20)17-14-16(17)15-10-6-5-7-11-15/h5-7,10-11,16-17H,1-4,8-9,12-14H2. The summed E-state index contributed by atoms with van der Waals surface area (Å²) in [7, 11) is 0. The van der Waals surface area contributed by atoms with Crippen molar-refractivity contribution in [2.24, 2.45) is 5.92 Å². The van der Waals surface area contributed by atoms with Crippen LogP contribution in [0.2, 0.25) is 0 Å². The molecule has 1 saturated carbocycles. The van der Waals surface area contributed by atoms with Gasteiger partial charge in [-0.15, -0.1) is 11.6 Å². The molecule has 2 nitrogen and oxygen atoms in total. The average molecular weight is 309 g/mol. The largest absolute Gasteiger partial charge is 0.465 e. The van der Waals surface area contributed by atoms with Crippen molar-refractivity contribution in [2.45, 2.75) is 50.9 Å². The second kappa shape index (κ2) is 9.09. The number of halogens is 1. The first kappa shape index (κ1) is 16.4. The molecule has 3 heteroatoms. The quantitative estimate of drug-likeness (QED) is 0.348. The first-order chi connectivity index (χ1) is 10.3. The van der Waals surface area contributed by atoms with Crippen LogP contribution in [-0.2, 0) is 9.53 Å². The summed E-state index contributed by atoms with van der Waals surface area (Å²) in [6, 6.07) is 10.3. The Balaban J connectivity index is 1.51. The van der Waals surface area contributed by atoms with Crippen LogP contribution in [0.5, 0.6) is 0 Å². The minimum Gasteiger partial charge on any atom is -0.465 e. The van der Waals surface area contributed by atoms with Crippen molar-refractivity contribution in [3.8, 4) is 0 Å². The summed E-state index contributed by atoms with van der Waals surface area (Å²) in [5.74, 6) is 1.23. The molecule has 0 saturated heterocycles. The molecule has 0 aliphatic heterocycles. The molecule has 0 N–H and O–H groups in total. The van der Waals surface area contributed by atoms with Crippen LogP contribution in [-0.4, -0.2) is 18.5 Å². The third kappa shape index (κ3) is 5.70. The van der Waals surface area contributed by atoms with Crippen molar-refractivity contribution in [2.75, 3.05) is 12.5 Å². The minimum atomic E-state index is -0.00834. The van der Waals surface area contributed by atoms with E-state index >= 15 is 0 Å². The summed E-state index contributed by atoms with van der Waals surface area (Å²) in [5, 5.41) is 0. The van der Waals surface area contributed by atoms with Gasteiger partial charge >= 0.3 is 5.97 Å². The highest BCUT2D eigenvalue weighted by Gasteiger charge is 2.44. The predicted molar refractivity (Wildman–Crippen MR) is 86.7 cm³/mol. The van der Waals surface area contributed by atoms with Crippen LogP contribution in [0.25, 0.3) is 0 Å². The van der Waals surface area contributed by atoms with Crippen LogP contribution in [0.4, 0.5) is 0 Å². The molecule has 0 radical (unpaired) electrons. The lowest BCUT2D eigenvalue weighted by atomic mass is 10.1. The zero-order chi connectivity index (χ0) is 14.9. The zero-order valence-corrected chi connectivity index (χ0v) is 13.4. The number of unbranched alkanes of at least 4 members (excludes halogenated alkanes) is 5. The Labute approximate surface area is 132 Å². The van der Waals surface area contributed by atoms with Crippen molar-refractivity contribution in [1.82, 2.24) is 0 Å². The van der Waals surface area contributed by atoms with Crippen LogP contribution in [0.3, 0.4) is 0 Å². The number of ether oxygens (including phenoxy) is 1. The molecule has 2 unspecified atom stereocenters. The lowest BCUT2D eigenvalue weighted by Gasteiger charge is -2.05. The van der Waals surface area contributed by atoms with Crippen LogP contribution >= 0.6 is 11.6 Å². The van der Waals surface area contributed by atoms with E-state index in [2.05, 4.69) is 12.1 Å². The van der Waals surface area contributed by atoms with E-state index in [4.69, 9.17) is 16.3 Å². The minimum absolute atomic E-state index is 0.00834. The van der Waals surface area contributed by atoms with Gasteiger partial charge in [0.25, 0.3) is 0 Å². The molecule has 2 rings (SSSR count). The SMILES string of the molecule is O=C(OCCCCCCCCCl)C1CC1c1ccccc1. The number of carbonyl (C=O) groups excluding carboxylic acids is 1. The Hall–Kier alpha value is -1.02. The van der Waals surface area contributed by atoms with Crippen molar-refractivity contribution in [3.05, 3.63) is 35.9 Å². The molecule has 0 heterocycles. The Morgan fingerprint density at radius 2 is 1.71 bits per heavy atom. The molecular formula is C18H25ClO2. The molecule has 0 spiro atoms. The molecule has 0 aromatic heterocycles. The Morgan fingerprint density at radius 3 is 2.43 bits per heavy atom. The Bertz CT molecular complexity index is 418. The number of hydrogen-bond donors (Lipinski definition) is 0. The number of benzene rings is 1. The highest BCUT2D eigenvalue weighted by Crippen LogP contribution is 2.48. The maximum atomic E-state index is 11.9. The van der Waals surface area contributed by atoms with E-state index in [9.17, 15) is 4.79 Å². The summed E-state index contributed by atoms with van der Waals surface area (Å²) in [5.41, 5.74) is 1.26. The van der Waals surface area contributed by atoms with E-state index in [0.29, 0.717) is 12.5 Å². The van der Waals surface area contributed by atoms with Crippen LogP contribution in [0.1, 0.15) is 56.4 Å². The molecule has 1 aromatic carbocycles. The summed E-state index contributed by atoms with van der Waals surface area (Å²) < 4.78 is 5.39. The summed E-state index contributed by atoms with van der Waals surface area (Å²) >= 11 is 5.63. The lowest BCUT2D eigenvalue weighted by Crippen LogP contribution is -2.09. The normalized spacial score (nSPS) is 20.2. The first-order valence-corrected chi connectivity index (χ1v) is 8.64. The molecule has 0 bridgehead atoms. The fourth-order valence-corrected chi connectivity index (χ4v) is 2.90. The molecule has 21 heavy (non-hydrogen) atoms. The van der Waals surface area contributed by atoms with Crippen LogP contribution in [0.15, 0.2) is 30.3 Å². The van der Waals surface area contributed by atoms with E-state index in [0.717, 1.165) is 31.6 Å². The van der Waals surface area contributed by atoms with Gasteiger partial charge in [-0.2, -0.15) is 0 Å². The predicted octanol–water partition coefficient (Wildman–Crippen LogP) is 4.91. The second-order valence-corrected chi connectivity index (χ2v) is 6.22. The van der Waals surface area contributed by atoms with Gasteiger partial charge in [0.15, 0.2) is 0 Å². The number of alkyl halides is 1. The van der Waals surface area contributed by atoms with E-state index in [1.807, 2.05) is 18.2 Å². The van der Waals surface area contributed by atoms with Gasteiger partial charge in [0.05, 0.1) is 12.5 Å². The molecule has 116 valence electrons. The maximum Gasteiger partial charge on any atom is 0.309 e. The smallest absolute Gasteiger partial charge is 0.309 e. The number of hydrogen-bond acceptors (Lipinski definition) is 2. The molecule has 0 amide bonds. The summed E-state index contributed by atoms with van der Waals surface area (Å²) in [4.78, 5) is 11.9. The monoisotopic (exact) mass is 308 g/mol. The Morgan fingerprint density at radius 1 is 1.05 bits per heavy atom. The van der Waals surface area contributed by atoms with Gasteiger partial charge in [-0.05, 0) is 30.7 Å². The van der Waals surface area contributed by atoms with E-state index in [-0.39, 0.29) is 11.9 Å². The topological polar surface area (TPSA) is 26.3 Å². The molecule has 2 atom stereocenters. The fraction of sp³-hybridized carbons (Fsp3) is 0.611. The van der Waals surface area contributed by atoms with Crippen molar-refractivity contribution >= 4 is 17.6 Å². The van der Waals surface area contributed by atoms with Crippen molar-refractivity contribution in [1.29, 1.82) is 0 Å². The van der Waals surface area contributed by atoms with E-state index < -0.39 is 0 Å². The van der Waals surface area contributed by atoms with Gasteiger partial charge in [-0.3, -0.25) is 4.79 Å². The van der Waals surface area contributed by atoms with E-state index in [1.165, 1.54) is 24.8 Å². The van der Waals surface area contributed by atoms with Crippen molar-refractivity contribution < 1.29 is 9.53 Å². The van der Waals surface area contributed by atoms with Gasteiger partial charge < -0.3 is 4.74 Å². The third-order valence-corrected chi connectivity index (χ3v) is 4.36. The Kier molecular flexibility index (Phi) is 7.08. The summed E-state index contributed by atoms with van der Waals surface area (Å²) in [6.45, 7) is 0.576. The van der Waals surface area contributed by atoms with Gasteiger partial charge in [-0.25, -0.2) is 0 Å². The van der Waals surface area contributed by atoms with Gasteiger partial charge in [0, 0.05) is 5.88 Å². The zero-order valence-electron chi connectivity index (χ0n) is 12.6. The van der Waals surface area contributed by atoms with Crippen LogP contribution < -0.4 is 0 Å². The van der Waals surface area contributed by atoms with Crippen molar-refractivity contribution in [3.63, 3.8) is 0 Å². The number of carbonyl (C=O) groups is 1. The van der Waals surface area contributed by atoms with Gasteiger partial charge in [0.1, 0.15) is 0 Å². The maximum absolute atomic E-state index is 11.9. The van der Waals surface area contributed by atoms with E-state index in [1.54, 1.807) is 0 Å². The molecule has 1 fully saturated rings. The average Bonchev–Trinajstić information content (AvgIpc) is 3.31. The fourth-order valence-electron chi connectivity index (χ4n) is 2.71. The molecular weight excluding hydrogens is 284 g/mol. The van der Waals surface area contributed by atoms with Gasteiger partial charge in [0.2, 0.25) is 0 Å². The highest BCUT2D eigenvalue weighted by molar-refractivity contribution is 6.17.